The van der Waals surface area contributed by atoms with Crippen LogP contribution in [0, 0.1) is 6.08 Å². The van der Waals surface area contributed by atoms with E-state index in [-0.39, 0.29) is 11.9 Å². The Labute approximate surface area is 94.7 Å². The van der Waals surface area contributed by atoms with E-state index in [1.54, 1.807) is 6.92 Å². The molecule has 0 aliphatic rings. The van der Waals surface area contributed by atoms with Crippen LogP contribution in [0.25, 0.3) is 0 Å². The number of rotatable bonds is 5. The van der Waals surface area contributed by atoms with Gasteiger partial charge in [-0.15, -0.1) is 0 Å². The van der Waals surface area contributed by atoms with Crippen molar-refractivity contribution >= 4 is 11.9 Å². The van der Waals surface area contributed by atoms with Gasteiger partial charge < -0.3 is 10.6 Å². The molecule has 1 heterocycles. The predicted molar refractivity (Wildman–Crippen MR) is 53.1 cm³/mol. The third kappa shape index (κ3) is 5.27. The molecule has 9 heteroatoms. The van der Waals surface area contributed by atoms with Gasteiger partial charge in [-0.25, -0.2) is 0 Å². The molecule has 0 fully saturated rings. The van der Waals surface area contributed by atoms with E-state index in [0.29, 0.717) is 6.54 Å². The second kappa shape index (κ2) is 5.60. The van der Waals surface area contributed by atoms with Gasteiger partial charge in [-0.1, -0.05) is 0 Å². The third-order valence-corrected chi connectivity index (χ3v) is 1.63. The highest BCUT2D eigenvalue weighted by molar-refractivity contribution is 5.32. The maximum atomic E-state index is 12.8. The van der Waals surface area contributed by atoms with E-state index >= 15 is 0 Å². The number of hydrogen-bond acceptors (Lipinski definition) is 5. The Bertz CT molecular complexity index is 367. The largest absolute Gasteiger partial charge is 0.390 e. The molecular weight excluding hydrogens is 242 g/mol. The monoisotopic (exact) mass is 253 g/mol. The molecule has 0 bridgehead atoms. The summed E-state index contributed by atoms with van der Waals surface area (Å²) in [5, 5.41) is 4.91. The zero-order valence-electron chi connectivity index (χ0n) is 8.97. The van der Waals surface area contributed by atoms with E-state index in [0.717, 1.165) is 0 Å². The number of aromatic nitrogens is 3. The van der Waals surface area contributed by atoms with E-state index < -0.39 is 25.2 Å². The third-order valence-electron chi connectivity index (χ3n) is 1.63. The van der Waals surface area contributed by atoms with Crippen LogP contribution in [0.5, 0.6) is 0 Å². The lowest BCUT2D eigenvalue weighted by Gasteiger charge is -2.08. The highest BCUT2D eigenvalue weighted by Crippen LogP contribution is 2.19. The summed E-state index contributed by atoms with van der Waals surface area (Å²) in [6.07, 6.45) is -6.37. The smallest absolute Gasteiger partial charge is 0.354 e. The average Bonchev–Trinajstić information content (AvgIpc) is 2.15. The Morgan fingerprint density at radius 3 is 2.18 bits per heavy atom. The molecule has 1 rings (SSSR count). The Kier molecular flexibility index (Phi) is 4.41. The van der Waals surface area contributed by atoms with Gasteiger partial charge in [0.2, 0.25) is 11.9 Å². The minimum Gasteiger partial charge on any atom is -0.354 e. The minimum absolute atomic E-state index is 0.0190. The summed E-state index contributed by atoms with van der Waals surface area (Å²) in [5.41, 5.74) is 0. The fraction of sp³-hybridized carbons (Fsp3) is 0.625. The van der Waals surface area contributed by atoms with Gasteiger partial charge in [0, 0.05) is 13.1 Å². The summed E-state index contributed by atoms with van der Waals surface area (Å²) in [6, 6.07) is 0. The molecule has 0 aliphatic carbocycles. The standard InChI is InChI=1S/C8H11F4N5/c1-2-13-6-15-5(9)16-7(17-6)14-4-3-8(10,11)12/h2-4H2,1H3,(H2,13,14,15,16,17). The Balaban J connectivity index is 2.58. The van der Waals surface area contributed by atoms with Crippen molar-refractivity contribution in [3.05, 3.63) is 6.08 Å². The molecule has 1 aromatic heterocycles. The second-order valence-corrected chi connectivity index (χ2v) is 3.07. The maximum absolute atomic E-state index is 12.8. The molecule has 0 atom stereocenters. The first-order valence-electron chi connectivity index (χ1n) is 4.87. The van der Waals surface area contributed by atoms with Crippen LogP contribution in [-0.2, 0) is 0 Å². The zero-order chi connectivity index (χ0) is 12.9. The number of halogens is 4. The molecule has 0 saturated heterocycles. The van der Waals surface area contributed by atoms with Crippen molar-refractivity contribution in [2.45, 2.75) is 19.5 Å². The molecule has 0 aromatic carbocycles. The number of hydrogen-bond donors (Lipinski definition) is 2. The first kappa shape index (κ1) is 13.4. The number of nitrogens with one attached hydrogen (secondary N) is 2. The van der Waals surface area contributed by atoms with Gasteiger partial charge in [0.1, 0.15) is 0 Å². The lowest BCUT2D eigenvalue weighted by molar-refractivity contribution is -0.131. The van der Waals surface area contributed by atoms with Gasteiger partial charge in [0.25, 0.3) is 0 Å². The maximum Gasteiger partial charge on any atom is 0.390 e. The first-order valence-corrected chi connectivity index (χ1v) is 4.87. The van der Waals surface area contributed by atoms with Crippen molar-refractivity contribution in [3.63, 3.8) is 0 Å². The van der Waals surface area contributed by atoms with Crippen LogP contribution < -0.4 is 10.6 Å². The van der Waals surface area contributed by atoms with Gasteiger partial charge in [-0.2, -0.15) is 32.5 Å². The summed E-state index contributed by atoms with van der Waals surface area (Å²) in [4.78, 5) is 10.2. The lowest BCUT2D eigenvalue weighted by Crippen LogP contribution is -2.17. The molecule has 0 spiro atoms. The van der Waals surface area contributed by atoms with Crippen molar-refractivity contribution < 1.29 is 17.6 Å². The molecular formula is C8H11F4N5. The predicted octanol–water partition coefficient (Wildman–Crippen LogP) is 1.81. The van der Waals surface area contributed by atoms with Gasteiger partial charge in [0.15, 0.2) is 0 Å². The second-order valence-electron chi connectivity index (χ2n) is 3.07. The zero-order valence-corrected chi connectivity index (χ0v) is 8.97. The molecule has 0 aliphatic heterocycles. The van der Waals surface area contributed by atoms with E-state index in [2.05, 4.69) is 25.6 Å². The molecule has 0 saturated carbocycles. The molecule has 0 unspecified atom stereocenters. The van der Waals surface area contributed by atoms with Crippen LogP contribution in [0.2, 0.25) is 0 Å². The Morgan fingerprint density at radius 1 is 1.06 bits per heavy atom. The topological polar surface area (TPSA) is 62.7 Å². The molecule has 0 amide bonds. The summed E-state index contributed by atoms with van der Waals surface area (Å²) in [6.45, 7) is 1.79. The fourth-order valence-corrected chi connectivity index (χ4v) is 0.982. The molecule has 1 aromatic rings. The highest BCUT2D eigenvalue weighted by Gasteiger charge is 2.26. The van der Waals surface area contributed by atoms with E-state index in [9.17, 15) is 17.6 Å². The van der Waals surface area contributed by atoms with Crippen molar-refractivity contribution in [1.29, 1.82) is 0 Å². The van der Waals surface area contributed by atoms with Gasteiger partial charge >= 0.3 is 12.3 Å². The normalized spacial score (nSPS) is 11.4. The van der Waals surface area contributed by atoms with Gasteiger partial charge in [-0.05, 0) is 6.92 Å². The number of anilines is 2. The van der Waals surface area contributed by atoms with Crippen molar-refractivity contribution in [2.24, 2.45) is 0 Å². The first-order chi connectivity index (χ1) is 7.90. The van der Waals surface area contributed by atoms with Crippen molar-refractivity contribution in [1.82, 2.24) is 15.0 Å². The fourth-order valence-electron chi connectivity index (χ4n) is 0.982. The number of nitrogens with zero attached hydrogens (tertiary/aromatic N) is 3. The number of alkyl halides is 3. The summed E-state index contributed by atoms with van der Waals surface area (Å²) in [7, 11) is 0. The summed E-state index contributed by atoms with van der Waals surface area (Å²) < 4.78 is 48.4. The quantitative estimate of drug-likeness (QED) is 0.783. The molecule has 2 N–H and O–H groups in total. The van der Waals surface area contributed by atoms with Crippen LogP contribution in [0.3, 0.4) is 0 Å². The Hall–Kier alpha value is -1.67. The van der Waals surface area contributed by atoms with Crippen molar-refractivity contribution in [2.75, 3.05) is 23.7 Å². The highest BCUT2D eigenvalue weighted by atomic mass is 19.4. The SMILES string of the molecule is CCNc1nc(F)nc(NCCC(F)(F)F)n1. The minimum atomic E-state index is -4.27. The van der Waals surface area contributed by atoms with Gasteiger partial charge in [0.05, 0.1) is 6.42 Å². The Morgan fingerprint density at radius 2 is 1.65 bits per heavy atom. The van der Waals surface area contributed by atoms with Crippen LogP contribution in [0.15, 0.2) is 0 Å². The summed E-state index contributed by atoms with van der Waals surface area (Å²) >= 11 is 0. The van der Waals surface area contributed by atoms with E-state index in [1.807, 2.05) is 0 Å². The summed E-state index contributed by atoms with van der Waals surface area (Å²) in [5.74, 6) is -0.243. The van der Waals surface area contributed by atoms with Crippen LogP contribution in [0.1, 0.15) is 13.3 Å². The van der Waals surface area contributed by atoms with Crippen LogP contribution >= 0.6 is 0 Å². The molecule has 5 nitrogen and oxygen atoms in total. The van der Waals surface area contributed by atoms with Crippen LogP contribution in [-0.4, -0.2) is 34.2 Å². The van der Waals surface area contributed by atoms with Crippen molar-refractivity contribution in [3.8, 4) is 0 Å². The van der Waals surface area contributed by atoms with Gasteiger partial charge in [-0.3, -0.25) is 0 Å². The van der Waals surface area contributed by atoms with E-state index in [1.165, 1.54) is 0 Å². The lowest BCUT2D eigenvalue weighted by atomic mass is 10.4. The van der Waals surface area contributed by atoms with E-state index in [4.69, 9.17) is 0 Å². The van der Waals surface area contributed by atoms with Crippen LogP contribution in [0.4, 0.5) is 29.5 Å². The average molecular weight is 253 g/mol. The molecule has 17 heavy (non-hydrogen) atoms. The molecule has 0 radical (unpaired) electrons. The molecule has 96 valence electrons.